The van der Waals surface area contributed by atoms with Crippen molar-refractivity contribution in [1.82, 2.24) is 10.6 Å². The number of nitrogens with one attached hydrogen (secondary N) is 3. The first-order chi connectivity index (χ1) is 13.9. The number of amides is 2. The molecule has 152 valence electrons. The highest BCUT2D eigenvalue weighted by Gasteiger charge is 2.08. The fourth-order valence-electron chi connectivity index (χ4n) is 2.32. The average molecular weight is 412 g/mol. The minimum Gasteiger partial charge on any atom is -0.497 e. The van der Waals surface area contributed by atoms with Crippen LogP contribution >= 0.6 is 12.2 Å². The molecule has 2 amide bonds. The van der Waals surface area contributed by atoms with E-state index in [2.05, 4.69) is 16.0 Å². The van der Waals surface area contributed by atoms with Gasteiger partial charge in [0, 0.05) is 23.4 Å². The molecule has 29 heavy (non-hydrogen) atoms. The fourth-order valence-corrected chi connectivity index (χ4v) is 2.54. The third kappa shape index (κ3) is 7.38. The Bertz CT molecular complexity index is 877. The second-order valence-corrected chi connectivity index (χ2v) is 6.82. The number of anilines is 1. The topological polar surface area (TPSA) is 79.5 Å². The number of carbonyl (C=O) groups is 2. The van der Waals surface area contributed by atoms with Gasteiger partial charge in [0.05, 0.1) is 7.11 Å². The highest BCUT2D eigenvalue weighted by Crippen LogP contribution is 2.12. The van der Waals surface area contributed by atoms with Crippen molar-refractivity contribution < 1.29 is 14.3 Å². The van der Waals surface area contributed by atoms with Gasteiger partial charge in [-0.3, -0.25) is 14.9 Å². The molecule has 3 N–H and O–H groups in total. The lowest BCUT2D eigenvalue weighted by atomic mass is 10.1. The Morgan fingerprint density at radius 3 is 2.34 bits per heavy atom. The van der Waals surface area contributed by atoms with E-state index in [1.807, 2.05) is 38.1 Å². The minimum absolute atomic E-state index is 0.120. The first-order valence-corrected chi connectivity index (χ1v) is 9.67. The van der Waals surface area contributed by atoms with Crippen LogP contribution < -0.4 is 20.7 Å². The summed E-state index contributed by atoms with van der Waals surface area (Å²) in [6.07, 6.45) is 3.95. The number of ether oxygens (including phenoxy) is 1. The third-order valence-corrected chi connectivity index (χ3v) is 4.38. The second kappa shape index (κ2) is 11.0. The van der Waals surface area contributed by atoms with Crippen LogP contribution in [-0.4, -0.2) is 30.1 Å². The number of thiocarbonyl (C=S) groups is 1. The van der Waals surface area contributed by atoms with E-state index in [9.17, 15) is 9.59 Å². The van der Waals surface area contributed by atoms with Crippen molar-refractivity contribution in [3.05, 3.63) is 65.7 Å². The van der Waals surface area contributed by atoms with Crippen LogP contribution in [0, 0.1) is 0 Å². The molecule has 0 saturated heterocycles. The normalized spacial score (nSPS) is 11.6. The number of benzene rings is 2. The zero-order valence-electron chi connectivity index (χ0n) is 16.7. The Kier molecular flexibility index (Phi) is 8.36. The van der Waals surface area contributed by atoms with Crippen molar-refractivity contribution in [2.45, 2.75) is 26.3 Å². The van der Waals surface area contributed by atoms with E-state index >= 15 is 0 Å². The molecular weight excluding hydrogens is 386 g/mol. The molecule has 7 heteroatoms. The monoisotopic (exact) mass is 411 g/mol. The lowest BCUT2D eigenvalue weighted by molar-refractivity contribution is -0.115. The number of hydrogen-bond donors (Lipinski definition) is 3. The molecule has 2 aromatic rings. The molecule has 6 nitrogen and oxygen atoms in total. The Labute approximate surface area is 176 Å². The van der Waals surface area contributed by atoms with E-state index in [-0.39, 0.29) is 23.0 Å². The zero-order chi connectivity index (χ0) is 21.2. The summed E-state index contributed by atoms with van der Waals surface area (Å²) in [5.74, 6) is 0.286. The average Bonchev–Trinajstić information content (AvgIpc) is 2.72. The molecular formula is C22H25N3O3S. The number of rotatable bonds is 7. The van der Waals surface area contributed by atoms with Crippen molar-refractivity contribution in [2.75, 3.05) is 12.4 Å². The van der Waals surface area contributed by atoms with Crippen molar-refractivity contribution in [1.29, 1.82) is 0 Å². The van der Waals surface area contributed by atoms with Crippen LogP contribution in [0.3, 0.4) is 0 Å². The molecule has 0 aliphatic heterocycles. The Morgan fingerprint density at radius 2 is 1.76 bits per heavy atom. The molecule has 2 aromatic carbocycles. The largest absolute Gasteiger partial charge is 0.497 e. The summed E-state index contributed by atoms with van der Waals surface area (Å²) in [4.78, 5) is 24.1. The van der Waals surface area contributed by atoms with E-state index in [0.29, 0.717) is 11.3 Å². The van der Waals surface area contributed by atoms with Gasteiger partial charge in [-0.15, -0.1) is 0 Å². The summed E-state index contributed by atoms with van der Waals surface area (Å²) in [5, 5.41) is 8.59. The first-order valence-electron chi connectivity index (χ1n) is 9.26. The van der Waals surface area contributed by atoms with Gasteiger partial charge in [-0.25, -0.2) is 0 Å². The van der Waals surface area contributed by atoms with Gasteiger partial charge in [0.25, 0.3) is 5.91 Å². The lowest BCUT2D eigenvalue weighted by Crippen LogP contribution is -2.33. The van der Waals surface area contributed by atoms with Gasteiger partial charge < -0.3 is 15.4 Å². The molecule has 2 rings (SSSR count). The molecule has 1 unspecified atom stereocenters. The fraction of sp³-hybridized carbons (Fsp3) is 0.227. The maximum atomic E-state index is 12.1. The zero-order valence-corrected chi connectivity index (χ0v) is 17.5. The Balaban J connectivity index is 1.85. The van der Waals surface area contributed by atoms with Crippen LogP contribution in [0.1, 0.15) is 36.2 Å². The van der Waals surface area contributed by atoms with Gasteiger partial charge in [-0.05, 0) is 73.6 Å². The third-order valence-electron chi connectivity index (χ3n) is 4.17. The summed E-state index contributed by atoms with van der Waals surface area (Å²) in [6, 6.07) is 14.3. The van der Waals surface area contributed by atoms with Crippen LogP contribution in [-0.2, 0) is 4.79 Å². The number of hydrogen-bond acceptors (Lipinski definition) is 4. The van der Waals surface area contributed by atoms with Crippen LogP contribution in [0.5, 0.6) is 5.75 Å². The molecule has 1 atom stereocenters. The summed E-state index contributed by atoms with van der Waals surface area (Å²) in [6.45, 7) is 3.97. The summed E-state index contributed by atoms with van der Waals surface area (Å²) in [7, 11) is 1.60. The van der Waals surface area contributed by atoms with Gasteiger partial charge >= 0.3 is 0 Å². The van der Waals surface area contributed by atoms with E-state index in [4.69, 9.17) is 17.0 Å². The molecule has 0 aliphatic rings. The van der Waals surface area contributed by atoms with Crippen LogP contribution in [0.2, 0.25) is 0 Å². The van der Waals surface area contributed by atoms with E-state index in [0.717, 1.165) is 17.7 Å². The standard InChI is InChI=1S/C22H25N3O3S/c1-4-15(2)23-21(27)17-8-10-18(11-9-17)24-22(29)25-20(26)14-7-16-5-12-19(28-3)13-6-16/h5-15H,4H2,1-3H3,(H,23,27)(H2,24,25,26,29)/b14-7+. The highest BCUT2D eigenvalue weighted by molar-refractivity contribution is 7.80. The smallest absolute Gasteiger partial charge is 0.251 e. The van der Waals surface area contributed by atoms with Crippen LogP contribution in [0.25, 0.3) is 6.08 Å². The van der Waals surface area contributed by atoms with Crippen LogP contribution in [0.4, 0.5) is 5.69 Å². The number of carbonyl (C=O) groups excluding carboxylic acids is 2. The van der Waals surface area contributed by atoms with Gasteiger partial charge in [0.2, 0.25) is 5.91 Å². The summed E-state index contributed by atoms with van der Waals surface area (Å²) < 4.78 is 5.10. The lowest BCUT2D eigenvalue weighted by Gasteiger charge is -2.12. The number of methoxy groups -OCH3 is 1. The van der Waals surface area contributed by atoms with Crippen molar-refractivity contribution in [3.8, 4) is 5.75 Å². The van der Waals surface area contributed by atoms with E-state index in [1.165, 1.54) is 6.08 Å². The first kappa shape index (κ1) is 22.1. The van der Waals surface area contributed by atoms with Gasteiger partial charge in [-0.2, -0.15) is 0 Å². The summed E-state index contributed by atoms with van der Waals surface area (Å²) >= 11 is 5.16. The molecule has 0 bridgehead atoms. The van der Waals surface area contributed by atoms with Gasteiger partial charge in [0.1, 0.15) is 5.75 Å². The molecule has 0 saturated carbocycles. The predicted molar refractivity (Wildman–Crippen MR) is 120 cm³/mol. The molecule has 0 aromatic heterocycles. The highest BCUT2D eigenvalue weighted by atomic mass is 32.1. The molecule has 0 heterocycles. The Morgan fingerprint density at radius 1 is 1.10 bits per heavy atom. The molecule has 0 aliphatic carbocycles. The maximum Gasteiger partial charge on any atom is 0.251 e. The van der Waals surface area contributed by atoms with Crippen molar-refractivity contribution >= 4 is 40.9 Å². The molecule has 0 fully saturated rings. The van der Waals surface area contributed by atoms with Gasteiger partial charge in [0.15, 0.2) is 5.11 Å². The maximum absolute atomic E-state index is 12.1. The Hall–Kier alpha value is -3.19. The summed E-state index contributed by atoms with van der Waals surface area (Å²) in [5.41, 5.74) is 2.11. The predicted octanol–water partition coefficient (Wildman–Crippen LogP) is 3.75. The molecule has 0 spiro atoms. The van der Waals surface area contributed by atoms with E-state index < -0.39 is 0 Å². The van der Waals surface area contributed by atoms with Crippen molar-refractivity contribution in [2.24, 2.45) is 0 Å². The van der Waals surface area contributed by atoms with Gasteiger partial charge in [-0.1, -0.05) is 19.1 Å². The minimum atomic E-state index is -0.345. The molecule has 0 radical (unpaired) electrons. The van der Waals surface area contributed by atoms with Crippen LogP contribution in [0.15, 0.2) is 54.6 Å². The van der Waals surface area contributed by atoms with Crippen molar-refractivity contribution in [3.63, 3.8) is 0 Å². The quantitative estimate of drug-likeness (QED) is 0.478. The SMILES string of the molecule is CCC(C)NC(=O)c1ccc(NC(=S)NC(=O)/C=C/c2ccc(OC)cc2)cc1. The second-order valence-electron chi connectivity index (χ2n) is 6.41. The van der Waals surface area contributed by atoms with E-state index in [1.54, 1.807) is 37.5 Å².